The SMILES string of the molecule is CCCCOC(=O)C[C@H](CCOc1ccc(Cl)cc1)NC(=O)C1(C[C@H](CCOC)C(=O)O)CCCC1. The first kappa shape index (κ1) is 29.9. The van der Waals surface area contributed by atoms with Crippen molar-refractivity contribution in [1.82, 2.24) is 5.32 Å². The zero-order valence-electron chi connectivity index (χ0n) is 21.4. The minimum absolute atomic E-state index is 0.0293. The van der Waals surface area contributed by atoms with Crippen LogP contribution in [-0.2, 0) is 23.9 Å². The van der Waals surface area contributed by atoms with Gasteiger partial charge in [0.2, 0.25) is 5.91 Å². The van der Waals surface area contributed by atoms with Gasteiger partial charge in [-0.25, -0.2) is 0 Å². The van der Waals surface area contributed by atoms with Gasteiger partial charge in [0, 0.05) is 31.2 Å². The molecular weight excluding hydrogens is 486 g/mol. The molecule has 1 amide bonds. The smallest absolute Gasteiger partial charge is 0.307 e. The van der Waals surface area contributed by atoms with E-state index in [4.69, 9.17) is 25.8 Å². The standard InChI is InChI=1S/C27H40ClNO7/c1-3-4-15-36-24(30)18-22(12-17-35-23-9-7-21(28)8-10-23)29-26(33)27(13-5-6-14-27)19-20(25(31)32)11-16-34-2/h7-10,20,22H,3-6,11-19H2,1-2H3,(H,29,33)(H,31,32)/t20-,22-/m0/s1. The Bertz CT molecular complexity index is 824. The van der Waals surface area contributed by atoms with Crippen molar-refractivity contribution in [3.05, 3.63) is 29.3 Å². The van der Waals surface area contributed by atoms with Crippen LogP contribution < -0.4 is 10.1 Å². The molecule has 1 aromatic rings. The number of carbonyl (C=O) groups is 3. The number of hydrogen-bond acceptors (Lipinski definition) is 6. The van der Waals surface area contributed by atoms with Crippen molar-refractivity contribution < 1.29 is 33.7 Å². The number of carboxylic acids is 1. The van der Waals surface area contributed by atoms with Gasteiger partial charge in [-0.3, -0.25) is 14.4 Å². The van der Waals surface area contributed by atoms with Crippen LogP contribution in [0.25, 0.3) is 0 Å². The molecule has 8 nitrogen and oxygen atoms in total. The zero-order valence-corrected chi connectivity index (χ0v) is 22.2. The summed E-state index contributed by atoms with van der Waals surface area (Å²) in [5.74, 6) is -1.51. The molecule has 202 valence electrons. The van der Waals surface area contributed by atoms with Gasteiger partial charge in [0.1, 0.15) is 5.75 Å². The molecule has 0 bridgehead atoms. The number of carboxylic acid groups (broad SMARTS) is 1. The number of benzene rings is 1. The van der Waals surface area contributed by atoms with Crippen molar-refractivity contribution in [2.24, 2.45) is 11.3 Å². The summed E-state index contributed by atoms with van der Waals surface area (Å²) in [7, 11) is 1.53. The monoisotopic (exact) mass is 525 g/mol. The van der Waals surface area contributed by atoms with Crippen LogP contribution in [0, 0.1) is 11.3 Å². The molecule has 0 aromatic heterocycles. The van der Waals surface area contributed by atoms with Crippen molar-refractivity contribution in [3.63, 3.8) is 0 Å². The molecule has 0 spiro atoms. The second kappa shape index (κ2) is 15.7. The first-order valence-electron chi connectivity index (χ1n) is 12.9. The second-order valence-electron chi connectivity index (χ2n) is 9.55. The van der Waals surface area contributed by atoms with Crippen LogP contribution in [0.15, 0.2) is 24.3 Å². The lowest BCUT2D eigenvalue weighted by atomic mass is 9.75. The molecule has 1 fully saturated rings. The van der Waals surface area contributed by atoms with E-state index >= 15 is 0 Å². The molecule has 1 aliphatic rings. The van der Waals surface area contributed by atoms with Crippen molar-refractivity contribution >= 4 is 29.4 Å². The Morgan fingerprint density at radius 1 is 1.08 bits per heavy atom. The molecule has 36 heavy (non-hydrogen) atoms. The normalized spacial score (nSPS) is 16.2. The van der Waals surface area contributed by atoms with Gasteiger partial charge < -0.3 is 24.6 Å². The van der Waals surface area contributed by atoms with Gasteiger partial charge in [0.25, 0.3) is 0 Å². The number of rotatable bonds is 17. The van der Waals surface area contributed by atoms with Crippen LogP contribution in [0.2, 0.25) is 5.02 Å². The predicted molar refractivity (Wildman–Crippen MR) is 137 cm³/mol. The van der Waals surface area contributed by atoms with Gasteiger partial charge in [0.15, 0.2) is 0 Å². The van der Waals surface area contributed by atoms with Crippen LogP contribution in [0.3, 0.4) is 0 Å². The number of ether oxygens (including phenoxy) is 3. The lowest BCUT2D eigenvalue weighted by Crippen LogP contribution is -2.47. The molecule has 0 radical (unpaired) electrons. The van der Waals surface area contributed by atoms with Crippen molar-refractivity contribution in [2.75, 3.05) is 26.9 Å². The molecule has 1 saturated carbocycles. The number of hydrogen-bond donors (Lipinski definition) is 2. The highest BCUT2D eigenvalue weighted by molar-refractivity contribution is 6.30. The number of halogens is 1. The molecule has 2 N–H and O–H groups in total. The maximum absolute atomic E-state index is 13.6. The molecule has 2 rings (SSSR count). The van der Waals surface area contributed by atoms with Crippen molar-refractivity contribution in [3.8, 4) is 5.75 Å². The Morgan fingerprint density at radius 3 is 2.39 bits per heavy atom. The highest BCUT2D eigenvalue weighted by atomic mass is 35.5. The van der Waals surface area contributed by atoms with Crippen LogP contribution in [-0.4, -0.2) is 55.9 Å². The molecule has 0 aliphatic heterocycles. The first-order valence-corrected chi connectivity index (χ1v) is 13.2. The summed E-state index contributed by atoms with van der Waals surface area (Å²) in [6, 6.07) is 6.49. The van der Waals surface area contributed by atoms with Gasteiger partial charge >= 0.3 is 11.9 Å². The van der Waals surface area contributed by atoms with Gasteiger partial charge in [0.05, 0.1) is 31.0 Å². The Labute approximate surface area is 219 Å². The number of carbonyl (C=O) groups excluding carboxylic acids is 2. The quantitative estimate of drug-likeness (QED) is 0.217. The summed E-state index contributed by atoms with van der Waals surface area (Å²) in [6.45, 7) is 2.97. The Morgan fingerprint density at radius 2 is 1.78 bits per heavy atom. The highest BCUT2D eigenvalue weighted by Gasteiger charge is 2.44. The average Bonchev–Trinajstić information content (AvgIpc) is 3.33. The molecule has 9 heteroatoms. The fourth-order valence-electron chi connectivity index (χ4n) is 4.62. The molecule has 1 aliphatic carbocycles. The Balaban J connectivity index is 2.07. The van der Waals surface area contributed by atoms with Gasteiger partial charge in [-0.05, 0) is 56.4 Å². The van der Waals surface area contributed by atoms with E-state index in [1.165, 1.54) is 7.11 Å². The molecule has 0 unspecified atom stereocenters. The Kier molecular flexibility index (Phi) is 13.1. The maximum Gasteiger partial charge on any atom is 0.307 e. The summed E-state index contributed by atoms with van der Waals surface area (Å²) in [5.41, 5.74) is -0.766. The van der Waals surface area contributed by atoms with E-state index in [2.05, 4.69) is 5.32 Å². The van der Waals surface area contributed by atoms with Crippen LogP contribution in [0.4, 0.5) is 0 Å². The van der Waals surface area contributed by atoms with E-state index < -0.39 is 23.3 Å². The lowest BCUT2D eigenvalue weighted by molar-refractivity contribution is -0.145. The van der Waals surface area contributed by atoms with Crippen molar-refractivity contribution in [2.45, 2.75) is 77.2 Å². The van der Waals surface area contributed by atoms with Crippen molar-refractivity contribution in [1.29, 1.82) is 0 Å². The largest absolute Gasteiger partial charge is 0.494 e. The Hall–Kier alpha value is -2.32. The number of methoxy groups -OCH3 is 1. The number of aliphatic carboxylic acids is 1. The summed E-state index contributed by atoms with van der Waals surface area (Å²) in [6.07, 6.45) is 5.73. The summed E-state index contributed by atoms with van der Waals surface area (Å²) < 4.78 is 16.2. The molecule has 0 saturated heterocycles. The average molecular weight is 526 g/mol. The fraction of sp³-hybridized carbons (Fsp3) is 0.667. The topological polar surface area (TPSA) is 111 Å². The minimum atomic E-state index is -0.918. The molecular formula is C27H40ClNO7. The summed E-state index contributed by atoms with van der Waals surface area (Å²) in [5, 5.41) is 13.4. The minimum Gasteiger partial charge on any atom is -0.494 e. The van der Waals surface area contributed by atoms with Gasteiger partial charge in [-0.2, -0.15) is 0 Å². The molecule has 2 atom stereocenters. The summed E-state index contributed by atoms with van der Waals surface area (Å²) in [4.78, 5) is 37.9. The number of unbranched alkanes of at least 4 members (excludes halogenated alkanes) is 1. The van der Waals surface area contributed by atoms with Crippen LogP contribution in [0.5, 0.6) is 5.75 Å². The van der Waals surface area contributed by atoms with E-state index in [-0.39, 0.29) is 31.3 Å². The van der Waals surface area contributed by atoms with E-state index in [0.29, 0.717) is 49.7 Å². The number of nitrogens with one attached hydrogen (secondary N) is 1. The molecule has 1 aromatic carbocycles. The lowest BCUT2D eigenvalue weighted by Gasteiger charge is -2.32. The fourth-order valence-corrected chi connectivity index (χ4v) is 4.75. The van der Waals surface area contributed by atoms with Gasteiger partial charge in [-0.15, -0.1) is 0 Å². The van der Waals surface area contributed by atoms with E-state index in [1.54, 1.807) is 24.3 Å². The maximum atomic E-state index is 13.6. The van der Waals surface area contributed by atoms with Crippen LogP contribution in [0.1, 0.15) is 71.1 Å². The molecule has 0 heterocycles. The summed E-state index contributed by atoms with van der Waals surface area (Å²) >= 11 is 5.92. The first-order chi connectivity index (χ1) is 17.3. The predicted octanol–water partition coefficient (Wildman–Crippen LogP) is 5.01. The third-order valence-corrected chi connectivity index (χ3v) is 7.01. The van der Waals surface area contributed by atoms with Crippen LogP contribution >= 0.6 is 11.6 Å². The van der Waals surface area contributed by atoms with E-state index in [9.17, 15) is 19.5 Å². The highest BCUT2D eigenvalue weighted by Crippen LogP contribution is 2.44. The second-order valence-corrected chi connectivity index (χ2v) is 9.98. The number of esters is 1. The third-order valence-electron chi connectivity index (χ3n) is 6.76. The van der Waals surface area contributed by atoms with E-state index in [0.717, 1.165) is 25.7 Å². The zero-order chi connectivity index (χ0) is 26.4. The van der Waals surface area contributed by atoms with Gasteiger partial charge in [-0.1, -0.05) is 37.8 Å². The third kappa shape index (κ3) is 9.97. The van der Waals surface area contributed by atoms with E-state index in [1.807, 2.05) is 6.92 Å². The number of amides is 1.